The number of benzene rings is 3. The minimum absolute atomic E-state index is 0.0232. The molecule has 0 aliphatic carbocycles. The Bertz CT molecular complexity index is 1250. The van der Waals surface area contributed by atoms with E-state index in [1.54, 1.807) is 38.1 Å². The van der Waals surface area contributed by atoms with Crippen molar-refractivity contribution in [2.24, 2.45) is 0 Å². The first-order valence-electron chi connectivity index (χ1n) is 9.89. The van der Waals surface area contributed by atoms with Crippen LogP contribution in [0.1, 0.15) is 35.3 Å². The summed E-state index contributed by atoms with van der Waals surface area (Å²) in [4.78, 5) is 12.4. The van der Waals surface area contributed by atoms with Gasteiger partial charge in [-0.1, -0.05) is 30.3 Å². The summed E-state index contributed by atoms with van der Waals surface area (Å²) in [6.45, 7) is 3.47. The van der Waals surface area contributed by atoms with Gasteiger partial charge in [0.2, 0.25) is 0 Å². The molecule has 0 bridgehead atoms. The Morgan fingerprint density at radius 2 is 1.72 bits per heavy atom. The van der Waals surface area contributed by atoms with Crippen LogP contribution in [0.2, 0.25) is 0 Å². The van der Waals surface area contributed by atoms with Crippen molar-refractivity contribution in [3.8, 4) is 6.07 Å². The molecule has 1 amide bonds. The number of nitrogens with one attached hydrogen (secondary N) is 1. The van der Waals surface area contributed by atoms with Crippen molar-refractivity contribution >= 4 is 21.6 Å². The zero-order chi connectivity index (χ0) is 23.3. The van der Waals surface area contributed by atoms with E-state index in [1.165, 1.54) is 36.4 Å². The third-order valence-electron chi connectivity index (χ3n) is 4.64. The van der Waals surface area contributed by atoms with Crippen molar-refractivity contribution in [3.05, 3.63) is 95.3 Å². The minimum Gasteiger partial charge on any atom is -0.350 e. The van der Waals surface area contributed by atoms with Crippen LogP contribution in [-0.4, -0.2) is 20.4 Å². The SMILES string of the molecule is CC(C)NC(=O)c1cc(N(Cc2ccccc2)S(=O)(=O)c2ccc(C#N)cc2)ccc1F. The van der Waals surface area contributed by atoms with Gasteiger partial charge >= 0.3 is 0 Å². The van der Waals surface area contributed by atoms with Crippen LogP contribution < -0.4 is 9.62 Å². The Balaban J connectivity index is 2.11. The van der Waals surface area contributed by atoms with E-state index in [9.17, 15) is 17.6 Å². The van der Waals surface area contributed by atoms with Crippen LogP contribution in [0.3, 0.4) is 0 Å². The Hall–Kier alpha value is -3.70. The van der Waals surface area contributed by atoms with Crippen molar-refractivity contribution in [1.82, 2.24) is 5.32 Å². The largest absolute Gasteiger partial charge is 0.350 e. The second kappa shape index (κ2) is 9.62. The maximum absolute atomic E-state index is 14.4. The number of nitrogens with zero attached hydrogens (tertiary/aromatic N) is 2. The molecule has 0 unspecified atom stereocenters. The maximum atomic E-state index is 14.4. The molecule has 0 heterocycles. The summed E-state index contributed by atoms with van der Waals surface area (Å²) in [5, 5.41) is 11.6. The van der Waals surface area contributed by atoms with Crippen molar-refractivity contribution in [1.29, 1.82) is 5.26 Å². The number of carbonyl (C=O) groups excluding carboxylic acids is 1. The number of hydrogen-bond acceptors (Lipinski definition) is 4. The van der Waals surface area contributed by atoms with Gasteiger partial charge < -0.3 is 5.32 Å². The predicted octanol–water partition coefficient (Wildman–Crippen LogP) is 4.23. The molecule has 1 N–H and O–H groups in total. The van der Waals surface area contributed by atoms with Gasteiger partial charge in [-0.05, 0) is 61.9 Å². The zero-order valence-corrected chi connectivity index (χ0v) is 18.4. The molecule has 0 radical (unpaired) electrons. The Kier molecular flexibility index (Phi) is 6.91. The summed E-state index contributed by atoms with van der Waals surface area (Å²) >= 11 is 0. The molecular weight excluding hydrogens is 429 g/mol. The molecule has 0 saturated carbocycles. The molecular formula is C24H22FN3O3S. The lowest BCUT2D eigenvalue weighted by Gasteiger charge is -2.25. The highest BCUT2D eigenvalue weighted by atomic mass is 32.2. The summed E-state index contributed by atoms with van der Waals surface area (Å²) in [6, 6.07) is 19.8. The van der Waals surface area contributed by atoms with Crippen molar-refractivity contribution in [3.63, 3.8) is 0 Å². The van der Waals surface area contributed by atoms with Gasteiger partial charge in [0.15, 0.2) is 0 Å². The summed E-state index contributed by atoms with van der Waals surface area (Å²) in [5.74, 6) is -1.38. The number of carbonyl (C=O) groups is 1. The van der Waals surface area contributed by atoms with Crippen molar-refractivity contribution < 1.29 is 17.6 Å². The molecule has 0 atom stereocenters. The highest BCUT2D eigenvalue weighted by Crippen LogP contribution is 2.28. The van der Waals surface area contributed by atoms with Crippen molar-refractivity contribution in [2.75, 3.05) is 4.31 Å². The van der Waals surface area contributed by atoms with Crippen LogP contribution >= 0.6 is 0 Å². The third-order valence-corrected chi connectivity index (χ3v) is 6.43. The summed E-state index contributed by atoms with van der Waals surface area (Å²) in [6.07, 6.45) is 0. The third kappa shape index (κ3) is 5.13. The van der Waals surface area contributed by atoms with Crippen molar-refractivity contribution in [2.45, 2.75) is 31.3 Å². The molecule has 0 aromatic heterocycles. The average Bonchev–Trinajstić information content (AvgIpc) is 2.78. The van der Waals surface area contributed by atoms with Crippen LogP contribution in [0.15, 0.2) is 77.7 Å². The van der Waals surface area contributed by atoms with Crippen LogP contribution in [-0.2, 0) is 16.6 Å². The minimum atomic E-state index is -4.09. The normalized spacial score (nSPS) is 11.1. The lowest BCUT2D eigenvalue weighted by atomic mass is 10.1. The second-order valence-electron chi connectivity index (χ2n) is 7.43. The zero-order valence-electron chi connectivity index (χ0n) is 17.6. The van der Waals surface area contributed by atoms with Gasteiger partial charge in [0, 0.05) is 6.04 Å². The summed E-state index contributed by atoms with van der Waals surface area (Å²) in [5.41, 5.74) is 0.938. The number of halogens is 1. The van der Waals surface area contributed by atoms with Gasteiger partial charge in [-0.25, -0.2) is 12.8 Å². The Morgan fingerprint density at radius 1 is 1.06 bits per heavy atom. The molecule has 8 heteroatoms. The van der Waals surface area contributed by atoms with Gasteiger partial charge in [0.1, 0.15) is 5.82 Å². The fourth-order valence-corrected chi connectivity index (χ4v) is 4.52. The number of hydrogen-bond donors (Lipinski definition) is 1. The number of nitriles is 1. The molecule has 0 fully saturated rings. The van der Waals surface area contributed by atoms with Crippen LogP contribution in [0.25, 0.3) is 0 Å². The molecule has 0 saturated heterocycles. The van der Waals surface area contributed by atoms with E-state index in [1.807, 2.05) is 12.1 Å². The van der Waals surface area contributed by atoms with Gasteiger partial charge in [0.25, 0.3) is 15.9 Å². The smallest absolute Gasteiger partial charge is 0.264 e. The molecule has 32 heavy (non-hydrogen) atoms. The van der Waals surface area contributed by atoms with E-state index < -0.39 is 21.7 Å². The highest BCUT2D eigenvalue weighted by Gasteiger charge is 2.27. The molecule has 3 aromatic carbocycles. The number of amides is 1. The quantitative estimate of drug-likeness (QED) is 0.582. The molecule has 6 nitrogen and oxygen atoms in total. The van der Waals surface area contributed by atoms with E-state index in [0.29, 0.717) is 11.1 Å². The fourth-order valence-electron chi connectivity index (χ4n) is 3.08. The molecule has 0 aliphatic heterocycles. The fraction of sp³-hybridized carbons (Fsp3) is 0.167. The van der Waals surface area contributed by atoms with Crippen LogP contribution in [0, 0.1) is 17.1 Å². The van der Waals surface area contributed by atoms with Gasteiger partial charge in [-0.2, -0.15) is 5.26 Å². The van der Waals surface area contributed by atoms with Gasteiger partial charge in [-0.3, -0.25) is 9.10 Å². The summed E-state index contributed by atoms with van der Waals surface area (Å²) < 4.78 is 42.6. The van der Waals surface area contributed by atoms with E-state index in [4.69, 9.17) is 5.26 Å². The predicted molar refractivity (Wildman–Crippen MR) is 120 cm³/mol. The first kappa shape index (κ1) is 23.0. The lowest BCUT2D eigenvalue weighted by molar-refractivity contribution is 0.0939. The molecule has 3 aromatic rings. The van der Waals surface area contributed by atoms with E-state index >= 15 is 0 Å². The Labute approximate surface area is 187 Å². The Morgan fingerprint density at radius 3 is 2.31 bits per heavy atom. The highest BCUT2D eigenvalue weighted by molar-refractivity contribution is 7.92. The molecule has 3 rings (SSSR count). The first-order valence-corrected chi connectivity index (χ1v) is 11.3. The monoisotopic (exact) mass is 451 g/mol. The van der Waals surface area contributed by atoms with E-state index in [0.717, 1.165) is 10.4 Å². The van der Waals surface area contributed by atoms with E-state index in [2.05, 4.69) is 5.32 Å². The maximum Gasteiger partial charge on any atom is 0.264 e. The van der Waals surface area contributed by atoms with E-state index in [-0.39, 0.29) is 28.7 Å². The topological polar surface area (TPSA) is 90.3 Å². The summed E-state index contributed by atoms with van der Waals surface area (Å²) in [7, 11) is -4.09. The first-order chi connectivity index (χ1) is 15.2. The number of sulfonamides is 1. The second-order valence-corrected chi connectivity index (χ2v) is 9.29. The average molecular weight is 452 g/mol. The molecule has 164 valence electrons. The molecule has 0 aliphatic rings. The number of anilines is 1. The standard InChI is InChI=1S/C24H22FN3O3S/c1-17(2)27-24(29)22-14-20(10-13-23(22)25)28(16-19-6-4-3-5-7-19)32(30,31)21-11-8-18(15-26)9-12-21/h3-14,17H,16H2,1-2H3,(H,27,29). The lowest BCUT2D eigenvalue weighted by Crippen LogP contribution is -2.33. The van der Waals surface area contributed by atoms with Crippen LogP contribution in [0.5, 0.6) is 0 Å². The van der Waals surface area contributed by atoms with Gasteiger partial charge in [0.05, 0.1) is 34.3 Å². The molecule has 0 spiro atoms. The van der Waals surface area contributed by atoms with Crippen LogP contribution in [0.4, 0.5) is 10.1 Å². The number of rotatable bonds is 7. The van der Waals surface area contributed by atoms with Gasteiger partial charge in [-0.15, -0.1) is 0 Å².